The molecular formula is C12H10O2. The molecule has 0 heterocycles. The molecule has 0 spiro atoms. The predicted octanol–water partition coefficient (Wildman–Crippen LogP) is 2.47. The topological polar surface area (TPSA) is 37.3 Å². The summed E-state index contributed by atoms with van der Waals surface area (Å²) < 4.78 is 0. The van der Waals surface area contributed by atoms with Crippen molar-refractivity contribution < 1.29 is 9.90 Å². The van der Waals surface area contributed by atoms with Gasteiger partial charge in [-0.25, -0.2) is 0 Å². The molecule has 0 aliphatic heterocycles. The lowest BCUT2D eigenvalue weighted by atomic mass is 10.1. The van der Waals surface area contributed by atoms with Crippen molar-refractivity contribution in [1.82, 2.24) is 0 Å². The minimum Gasteiger partial charge on any atom is -0.481 e. The van der Waals surface area contributed by atoms with Gasteiger partial charge in [0.25, 0.3) is 0 Å². The molecule has 0 atom stereocenters. The van der Waals surface area contributed by atoms with E-state index in [-0.39, 0.29) is 6.42 Å². The maximum Gasteiger partial charge on any atom is 0.307 e. The van der Waals surface area contributed by atoms with Crippen molar-refractivity contribution in [3.05, 3.63) is 48.0 Å². The van der Waals surface area contributed by atoms with E-state index in [9.17, 15) is 4.79 Å². The molecule has 2 rings (SSSR count). The third kappa shape index (κ3) is 1.59. The van der Waals surface area contributed by atoms with Crippen molar-refractivity contribution in [1.29, 1.82) is 0 Å². The highest BCUT2D eigenvalue weighted by Gasteiger charge is 2.03. The second-order valence-corrected chi connectivity index (χ2v) is 3.21. The van der Waals surface area contributed by atoms with Crippen LogP contribution in [0.3, 0.4) is 0 Å². The molecule has 0 aliphatic rings. The molecule has 14 heavy (non-hydrogen) atoms. The van der Waals surface area contributed by atoms with E-state index in [2.05, 4.69) is 0 Å². The van der Waals surface area contributed by atoms with Gasteiger partial charge in [0.1, 0.15) is 0 Å². The molecule has 0 saturated heterocycles. The van der Waals surface area contributed by atoms with E-state index < -0.39 is 5.97 Å². The summed E-state index contributed by atoms with van der Waals surface area (Å²) in [5.74, 6) is -0.790. The number of carboxylic acid groups (broad SMARTS) is 1. The zero-order valence-electron chi connectivity index (χ0n) is 7.60. The number of carboxylic acids is 1. The minimum atomic E-state index is -0.790. The zero-order valence-corrected chi connectivity index (χ0v) is 7.60. The van der Waals surface area contributed by atoms with E-state index in [1.54, 1.807) is 0 Å². The fourth-order valence-corrected chi connectivity index (χ4v) is 1.61. The fraction of sp³-hybridized carbons (Fsp3) is 0.0833. The van der Waals surface area contributed by atoms with Crippen LogP contribution >= 0.6 is 0 Å². The molecule has 2 nitrogen and oxygen atoms in total. The SMILES string of the molecule is O=[14C](O)Cc1cccc2ccccc12. The summed E-state index contributed by atoms with van der Waals surface area (Å²) in [6.45, 7) is 0. The summed E-state index contributed by atoms with van der Waals surface area (Å²) in [7, 11) is 0. The molecule has 0 amide bonds. The minimum absolute atomic E-state index is 0.0847. The van der Waals surface area contributed by atoms with E-state index in [1.807, 2.05) is 42.5 Å². The highest BCUT2D eigenvalue weighted by molar-refractivity contribution is 5.88. The lowest BCUT2D eigenvalue weighted by Crippen LogP contribution is -2.00. The van der Waals surface area contributed by atoms with Crippen LogP contribution in [0.5, 0.6) is 0 Å². The van der Waals surface area contributed by atoms with Gasteiger partial charge in [0.15, 0.2) is 0 Å². The first-order valence-corrected chi connectivity index (χ1v) is 4.46. The van der Waals surface area contributed by atoms with Crippen molar-refractivity contribution in [2.75, 3.05) is 0 Å². The summed E-state index contributed by atoms with van der Waals surface area (Å²) in [6.07, 6.45) is 0.0847. The average Bonchev–Trinajstić information content (AvgIpc) is 2.18. The van der Waals surface area contributed by atoms with E-state index in [0.717, 1.165) is 16.3 Å². The molecule has 0 radical (unpaired) electrons. The maximum absolute atomic E-state index is 10.6. The predicted molar refractivity (Wildman–Crippen MR) is 55.3 cm³/mol. The average molecular weight is 188 g/mol. The van der Waals surface area contributed by atoms with Crippen molar-refractivity contribution in [2.24, 2.45) is 0 Å². The number of hydrogen-bond acceptors (Lipinski definition) is 1. The Bertz CT molecular complexity index is 469. The third-order valence-corrected chi connectivity index (χ3v) is 2.22. The quantitative estimate of drug-likeness (QED) is 0.786. The van der Waals surface area contributed by atoms with Crippen LogP contribution in [0.15, 0.2) is 42.5 Å². The monoisotopic (exact) mass is 188 g/mol. The van der Waals surface area contributed by atoms with E-state index in [0.29, 0.717) is 0 Å². The molecule has 1 N–H and O–H groups in total. The Hall–Kier alpha value is -1.83. The number of rotatable bonds is 2. The Morgan fingerprint density at radius 1 is 1.07 bits per heavy atom. The van der Waals surface area contributed by atoms with Crippen LogP contribution in [-0.2, 0) is 11.2 Å². The highest BCUT2D eigenvalue weighted by Crippen LogP contribution is 2.18. The molecule has 70 valence electrons. The van der Waals surface area contributed by atoms with E-state index in [4.69, 9.17) is 5.11 Å². The van der Waals surface area contributed by atoms with Gasteiger partial charge in [0.05, 0.1) is 6.42 Å². The number of carbonyl (C=O) groups is 1. The Morgan fingerprint density at radius 2 is 1.79 bits per heavy atom. The van der Waals surface area contributed by atoms with E-state index in [1.165, 1.54) is 0 Å². The largest absolute Gasteiger partial charge is 0.481 e. The first-order chi connectivity index (χ1) is 6.77. The Kier molecular flexibility index (Phi) is 2.19. The van der Waals surface area contributed by atoms with Gasteiger partial charge < -0.3 is 5.11 Å². The number of aliphatic carboxylic acids is 1. The van der Waals surface area contributed by atoms with Gasteiger partial charge in [-0.1, -0.05) is 42.5 Å². The summed E-state index contributed by atoms with van der Waals surface area (Å²) >= 11 is 0. The summed E-state index contributed by atoms with van der Waals surface area (Å²) in [4.78, 5) is 10.6. The molecule has 0 saturated carbocycles. The molecular weight excluding hydrogens is 178 g/mol. The van der Waals surface area contributed by atoms with Crippen molar-refractivity contribution in [3.63, 3.8) is 0 Å². The lowest BCUT2D eigenvalue weighted by Gasteiger charge is -2.02. The second-order valence-electron chi connectivity index (χ2n) is 3.21. The molecule has 0 bridgehead atoms. The Balaban J connectivity index is 2.59. The Morgan fingerprint density at radius 3 is 2.57 bits per heavy atom. The summed E-state index contributed by atoms with van der Waals surface area (Å²) in [5.41, 5.74) is 0.871. The third-order valence-electron chi connectivity index (χ3n) is 2.22. The van der Waals surface area contributed by atoms with Gasteiger partial charge in [-0.3, -0.25) is 4.79 Å². The highest BCUT2D eigenvalue weighted by atomic mass is 16.6. The molecule has 0 aliphatic carbocycles. The molecule has 0 fully saturated rings. The molecule has 0 aromatic heterocycles. The van der Waals surface area contributed by atoms with Gasteiger partial charge in [-0.2, -0.15) is 0 Å². The zero-order chi connectivity index (χ0) is 9.97. The van der Waals surface area contributed by atoms with Gasteiger partial charge in [0.2, 0.25) is 0 Å². The molecule has 0 unspecified atom stereocenters. The van der Waals surface area contributed by atoms with Gasteiger partial charge >= 0.3 is 5.97 Å². The first kappa shape index (κ1) is 8.75. The van der Waals surface area contributed by atoms with Crippen LogP contribution in [0, 0.1) is 0 Å². The second kappa shape index (κ2) is 3.50. The standard InChI is InChI=1S/C12H10O2/c13-12(14)8-10-6-3-5-9-4-1-2-7-11(9)10/h1-7H,8H2,(H,13,14)/i12+2. The number of hydrogen-bond donors (Lipinski definition) is 1. The number of benzene rings is 2. The van der Waals surface area contributed by atoms with Crippen LogP contribution in [0.25, 0.3) is 10.8 Å². The summed E-state index contributed by atoms with van der Waals surface area (Å²) in [6, 6.07) is 13.5. The van der Waals surface area contributed by atoms with Crippen LogP contribution < -0.4 is 0 Å². The fourth-order valence-electron chi connectivity index (χ4n) is 1.61. The van der Waals surface area contributed by atoms with Gasteiger partial charge in [-0.15, -0.1) is 0 Å². The normalized spacial score (nSPS) is 10.3. The van der Waals surface area contributed by atoms with Crippen molar-refractivity contribution in [2.45, 2.75) is 6.42 Å². The van der Waals surface area contributed by atoms with Crippen LogP contribution in [0.2, 0.25) is 0 Å². The first-order valence-electron chi connectivity index (χ1n) is 4.46. The van der Waals surface area contributed by atoms with E-state index >= 15 is 0 Å². The number of fused-ring (bicyclic) bond motifs is 1. The smallest absolute Gasteiger partial charge is 0.307 e. The van der Waals surface area contributed by atoms with Gasteiger partial charge in [0, 0.05) is 0 Å². The van der Waals surface area contributed by atoms with Crippen molar-refractivity contribution in [3.8, 4) is 0 Å². The molecule has 2 aromatic rings. The van der Waals surface area contributed by atoms with Crippen LogP contribution in [-0.4, -0.2) is 11.1 Å². The van der Waals surface area contributed by atoms with Crippen LogP contribution in [0.1, 0.15) is 5.56 Å². The molecule has 2 heteroatoms. The van der Waals surface area contributed by atoms with Crippen LogP contribution in [0.4, 0.5) is 0 Å². The lowest BCUT2D eigenvalue weighted by molar-refractivity contribution is -0.136. The Labute approximate surface area is 81.8 Å². The maximum atomic E-state index is 10.6. The van der Waals surface area contributed by atoms with Gasteiger partial charge in [-0.05, 0) is 16.3 Å². The van der Waals surface area contributed by atoms with Crippen molar-refractivity contribution >= 4 is 16.7 Å². The molecule has 2 aromatic carbocycles. The summed E-state index contributed by atoms with van der Waals surface area (Å²) in [5, 5.41) is 10.8.